The summed E-state index contributed by atoms with van der Waals surface area (Å²) in [6.07, 6.45) is 1.68. The third-order valence-electron chi connectivity index (χ3n) is 4.34. The minimum atomic E-state index is 0.0229. The van der Waals surface area contributed by atoms with Crippen LogP contribution in [0.25, 0.3) is 16.5 Å². The molecule has 1 aromatic heterocycles. The molecule has 1 amide bonds. The zero-order chi connectivity index (χ0) is 17.1. The third-order valence-corrected chi connectivity index (χ3v) is 4.34. The number of carbonyl (C=O) groups is 1. The average Bonchev–Trinajstić information content (AvgIpc) is 2.81. The maximum absolute atomic E-state index is 12.3. The number of allylic oxidation sites excluding steroid dienone is 1. The lowest BCUT2D eigenvalue weighted by Gasteiger charge is -2.17. The number of benzene rings is 1. The highest BCUT2D eigenvalue weighted by Gasteiger charge is 2.15. The average molecular weight is 315 g/mol. The Balaban J connectivity index is 2.52. The fourth-order valence-electron chi connectivity index (χ4n) is 2.74. The molecule has 0 fully saturated rings. The fraction of sp³-hybridized carbons (Fsp3) is 0.421. The first-order valence-electron chi connectivity index (χ1n) is 7.98. The Bertz CT molecular complexity index is 752. The van der Waals surface area contributed by atoms with Gasteiger partial charge in [0.05, 0.1) is 7.11 Å². The number of fused-ring (bicyclic) bond motifs is 1. The number of ether oxygens (including phenoxy) is 1. The molecule has 4 heteroatoms. The van der Waals surface area contributed by atoms with E-state index >= 15 is 0 Å². The molecule has 1 aromatic carbocycles. The molecule has 2 aromatic rings. The molecule has 0 saturated carbocycles. The molecule has 23 heavy (non-hydrogen) atoms. The van der Waals surface area contributed by atoms with Gasteiger partial charge < -0.3 is 14.1 Å². The Morgan fingerprint density at radius 2 is 1.91 bits per heavy atom. The second kappa shape index (κ2) is 6.90. The number of aryl methyl sites for hydroxylation is 2. The summed E-state index contributed by atoms with van der Waals surface area (Å²) >= 11 is 0. The minimum absolute atomic E-state index is 0.0229. The highest BCUT2D eigenvalue weighted by Crippen LogP contribution is 2.34. The normalized spacial score (nSPS) is 11.8. The molecule has 0 radical (unpaired) electrons. The first-order chi connectivity index (χ1) is 10.9. The molecule has 0 spiro atoms. The van der Waals surface area contributed by atoms with Gasteiger partial charge >= 0.3 is 0 Å². The second-order valence-electron chi connectivity index (χ2n) is 5.67. The van der Waals surface area contributed by atoms with Gasteiger partial charge in [0.2, 0.25) is 5.91 Å². The van der Waals surface area contributed by atoms with Crippen LogP contribution in [0, 0.1) is 13.8 Å². The molecule has 0 aliphatic heterocycles. The lowest BCUT2D eigenvalue weighted by atomic mass is 10.0. The van der Waals surface area contributed by atoms with Gasteiger partial charge in [0.1, 0.15) is 17.1 Å². The van der Waals surface area contributed by atoms with Crippen LogP contribution in [0.4, 0.5) is 0 Å². The summed E-state index contributed by atoms with van der Waals surface area (Å²) in [5.74, 6) is 1.64. The number of hydrogen-bond donors (Lipinski definition) is 0. The van der Waals surface area contributed by atoms with Crippen molar-refractivity contribution in [2.24, 2.45) is 0 Å². The molecule has 1 heterocycles. The number of rotatable bonds is 5. The highest BCUT2D eigenvalue weighted by atomic mass is 16.5. The van der Waals surface area contributed by atoms with Gasteiger partial charge in [-0.25, -0.2) is 0 Å². The zero-order valence-electron chi connectivity index (χ0n) is 14.8. The zero-order valence-corrected chi connectivity index (χ0v) is 14.8. The molecule has 2 rings (SSSR count). The number of hydrogen-bond acceptors (Lipinski definition) is 3. The van der Waals surface area contributed by atoms with Crippen molar-refractivity contribution in [1.82, 2.24) is 4.90 Å². The number of furan rings is 1. The van der Waals surface area contributed by atoms with E-state index in [4.69, 9.17) is 9.15 Å². The number of likely N-dealkylation sites (N-methyl/N-ethyl adjacent to an activating group) is 1. The van der Waals surface area contributed by atoms with Gasteiger partial charge in [-0.15, -0.1) is 0 Å². The number of carbonyl (C=O) groups excluding carboxylic acids is 1. The molecule has 0 unspecified atom stereocenters. The topological polar surface area (TPSA) is 42.7 Å². The molecule has 4 nitrogen and oxygen atoms in total. The summed E-state index contributed by atoms with van der Waals surface area (Å²) in [5.41, 5.74) is 3.73. The molecule has 0 saturated heterocycles. The molecule has 0 bridgehead atoms. The Labute approximate surface area is 137 Å². The first-order valence-corrected chi connectivity index (χ1v) is 7.98. The van der Waals surface area contributed by atoms with E-state index in [9.17, 15) is 4.79 Å². The van der Waals surface area contributed by atoms with Crippen molar-refractivity contribution in [1.29, 1.82) is 0 Å². The summed E-state index contributed by atoms with van der Waals surface area (Å²) in [6, 6.07) is 3.94. The largest absolute Gasteiger partial charge is 0.496 e. The molecular formula is C19H25NO3. The van der Waals surface area contributed by atoms with Gasteiger partial charge in [0, 0.05) is 36.2 Å². The SMILES string of the molecule is CCN(CC)C(=O)/C=C(\C)c1cc2c(C)c(C)oc2cc1OC. The predicted molar refractivity (Wildman–Crippen MR) is 93.8 cm³/mol. The van der Waals surface area contributed by atoms with Crippen molar-refractivity contribution in [3.8, 4) is 5.75 Å². The quantitative estimate of drug-likeness (QED) is 0.771. The van der Waals surface area contributed by atoms with Crippen LogP contribution in [0.5, 0.6) is 5.75 Å². The van der Waals surface area contributed by atoms with Gasteiger partial charge in [0.15, 0.2) is 0 Å². The lowest BCUT2D eigenvalue weighted by Crippen LogP contribution is -2.28. The molecule has 0 atom stereocenters. The van der Waals surface area contributed by atoms with Gasteiger partial charge in [-0.3, -0.25) is 4.79 Å². The third kappa shape index (κ3) is 3.26. The summed E-state index contributed by atoms with van der Waals surface area (Å²) in [7, 11) is 1.63. The van der Waals surface area contributed by atoms with Crippen molar-refractivity contribution >= 4 is 22.4 Å². The van der Waals surface area contributed by atoms with Crippen LogP contribution in [0.15, 0.2) is 22.6 Å². The molecular weight excluding hydrogens is 290 g/mol. The van der Waals surface area contributed by atoms with Crippen LogP contribution in [0.1, 0.15) is 37.7 Å². The monoisotopic (exact) mass is 315 g/mol. The lowest BCUT2D eigenvalue weighted by molar-refractivity contribution is -0.125. The predicted octanol–water partition coefficient (Wildman–Crippen LogP) is 4.33. The van der Waals surface area contributed by atoms with E-state index < -0.39 is 0 Å². The standard InChI is InChI=1S/C19H25NO3/c1-7-20(8-2)19(21)9-12(3)15-10-16-13(4)14(5)23-18(16)11-17(15)22-6/h9-11H,7-8H2,1-6H3/b12-9+. The van der Waals surface area contributed by atoms with Crippen LogP contribution in [0.2, 0.25) is 0 Å². The van der Waals surface area contributed by atoms with Gasteiger partial charge in [-0.1, -0.05) is 0 Å². The van der Waals surface area contributed by atoms with E-state index in [2.05, 4.69) is 0 Å². The van der Waals surface area contributed by atoms with E-state index in [1.807, 2.05) is 46.8 Å². The summed E-state index contributed by atoms with van der Waals surface area (Å²) in [5, 5.41) is 1.06. The van der Waals surface area contributed by atoms with E-state index in [0.29, 0.717) is 18.8 Å². The van der Waals surface area contributed by atoms with E-state index in [1.54, 1.807) is 18.1 Å². The van der Waals surface area contributed by atoms with E-state index in [1.165, 1.54) is 0 Å². The van der Waals surface area contributed by atoms with Crippen molar-refractivity contribution in [3.63, 3.8) is 0 Å². The van der Waals surface area contributed by atoms with Gasteiger partial charge in [-0.2, -0.15) is 0 Å². The van der Waals surface area contributed by atoms with Crippen molar-refractivity contribution in [2.75, 3.05) is 20.2 Å². The molecule has 124 valence electrons. The number of nitrogens with zero attached hydrogens (tertiary/aromatic N) is 1. The van der Waals surface area contributed by atoms with Crippen LogP contribution < -0.4 is 4.74 Å². The minimum Gasteiger partial charge on any atom is -0.496 e. The summed E-state index contributed by atoms with van der Waals surface area (Å²) in [4.78, 5) is 14.1. The Hall–Kier alpha value is -2.23. The number of methoxy groups -OCH3 is 1. The van der Waals surface area contributed by atoms with Crippen molar-refractivity contribution in [2.45, 2.75) is 34.6 Å². The Morgan fingerprint density at radius 3 is 2.48 bits per heavy atom. The smallest absolute Gasteiger partial charge is 0.246 e. The maximum Gasteiger partial charge on any atom is 0.246 e. The van der Waals surface area contributed by atoms with Crippen LogP contribution >= 0.6 is 0 Å². The first kappa shape index (κ1) is 17.1. The van der Waals surface area contributed by atoms with E-state index in [0.717, 1.165) is 33.4 Å². The highest BCUT2D eigenvalue weighted by molar-refractivity contribution is 5.97. The summed E-state index contributed by atoms with van der Waals surface area (Å²) < 4.78 is 11.2. The van der Waals surface area contributed by atoms with Gasteiger partial charge in [-0.05, 0) is 51.8 Å². The number of amides is 1. The van der Waals surface area contributed by atoms with Crippen LogP contribution in [-0.2, 0) is 4.79 Å². The van der Waals surface area contributed by atoms with Crippen LogP contribution in [0.3, 0.4) is 0 Å². The molecule has 0 N–H and O–H groups in total. The molecule has 0 aliphatic rings. The van der Waals surface area contributed by atoms with Crippen molar-refractivity contribution < 1.29 is 13.9 Å². The Kier molecular flexibility index (Phi) is 5.14. The van der Waals surface area contributed by atoms with Crippen LogP contribution in [-0.4, -0.2) is 31.0 Å². The second-order valence-corrected chi connectivity index (χ2v) is 5.67. The van der Waals surface area contributed by atoms with E-state index in [-0.39, 0.29) is 5.91 Å². The Morgan fingerprint density at radius 1 is 1.26 bits per heavy atom. The van der Waals surface area contributed by atoms with Crippen molar-refractivity contribution in [3.05, 3.63) is 35.1 Å². The summed E-state index contributed by atoms with van der Waals surface area (Å²) in [6.45, 7) is 11.3. The maximum atomic E-state index is 12.3. The molecule has 0 aliphatic carbocycles. The fourth-order valence-corrected chi connectivity index (χ4v) is 2.74. The van der Waals surface area contributed by atoms with Gasteiger partial charge in [0.25, 0.3) is 0 Å².